The number of fused-ring (bicyclic) bond motifs is 1. The molecule has 1 unspecified atom stereocenters. The number of hydrogen-bond acceptors (Lipinski definition) is 10. The highest BCUT2D eigenvalue weighted by molar-refractivity contribution is 7.07. The van der Waals surface area contributed by atoms with E-state index in [0.29, 0.717) is 52.8 Å². The minimum Gasteiger partial charge on any atom is -0.376 e. The van der Waals surface area contributed by atoms with E-state index in [1.54, 1.807) is 12.4 Å². The van der Waals surface area contributed by atoms with Crippen molar-refractivity contribution in [2.75, 3.05) is 5.32 Å². The average molecular weight is 549 g/mol. The number of aromatic amines is 1. The van der Waals surface area contributed by atoms with Crippen LogP contribution in [0, 0.1) is 30.1 Å². The number of rotatable bonds is 8. The molecule has 2 saturated carbocycles. The molecule has 11 nitrogen and oxygen atoms in total. The fraction of sp³-hybridized carbons (Fsp3) is 0.556. The monoisotopic (exact) mass is 548 g/mol. The number of H-pyrrole nitrogens is 1. The molecule has 0 aliphatic heterocycles. The lowest BCUT2D eigenvalue weighted by Gasteiger charge is -2.32. The maximum Gasteiger partial charge on any atom is 0.439 e. The summed E-state index contributed by atoms with van der Waals surface area (Å²) in [5.41, 5.74) is 1.86. The molecule has 3 N–H and O–H groups in total. The zero-order chi connectivity index (χ0) is 27.1. The standard InChI is InChI=1S/C27H32N8O3S/c1-4-16-8-10-17(11-9-16)12-35-20-21(29-15(2)18-6-5-7-18)30-23(24-33-26(36)38-34-24)31-22(20)32-25(35)27(3,37)19-13-39-14-28-19/h1,13-18,37H,5-12H2,2-3H3,(H,29,30,31)(H,33,34,36)/t15-,16?,17?,27?/m1/s1. The number of imidazole rings is 1. The lowest BCUT2D eigenvalue weighted by molar-refractivity contribution is 0.0828. The van der Waals surface area contributed by atoms with Gasteiger partial charge in [0.25, 0.3) is 0 Å². The molecule has 0 bridgehead atoms. The molecule has 4 aromatic rings. The van der Waals surface area contributed by atoms with E-state index in [4.69, 9.17) is 20.9 Å². The predicted molar refractivity (Wildman–Crippen MR) is 147 cm³/mol. The van der Waals surface area contributed by atoms with Crippen LogP contribution in [0.3, 0.4) is 0 Å². The number of nitrogens with zero attached hydrogens (tertiary/aromatic N) is 6. The Kier molecular flexibility index (Phi) is 6.72. The molecule has 0 amide bonds. The molecule has 0 spiro atoms. The third kappa shape index (κ3) is 4.85. The number of anilines is 1. The van der Waals surface area contributed by atoms with Gasteiger partial charge in [-0.3, -0.25) is 9.51 Å². The van der Waals surface area contributed by atoms with Crippen molar-refractivity contribution in [3.05, 3.63) is 33.0 Å². The van der Waals surface area contributed by atoms with Crippen molar-refractivity contribution in [2.24, 2.45) is 17.8 Å². The molecule has 4 heterocycles. The van der Waals surface area contributed by atoms with Crippen LogP contribution in [0.5, 0.6) is 0 Å². The predicted octanol–water partition coefficient (Wildman–Crippen LogP) is 3.92. The Labute approximate surface area is 229 Å². The largest absolute Gasteiger partial charge is 0.439 e. The van der Waals surface area contributed by atoms with Crippen LogP contribution >= 0.6 is 11.3 Å². The van der Waals surface area contributed by atoms with Crippen LogP contribution < -0.4 is 11.1 Å². The summed E-state index contributed by atoms with van der Waals surface area (Å²) in [4.78, 5) is 33.0. The molecule has 2 fully saturated rings. The van der Waals surface area contributed by atoms with Crippen molar-refractivity contribution >= 4 is 28.3 Å². The van der Waals surface area contributed by atoms with Crippen molar-refractivity contribution in [2.45, 2.75) is 77.0 Å². The maximum atomic E-state index is 11.8. The maximum absolute atomic E-state index is 11.8. The number of aliphatic hydroxyl groups is 1. The second kappa shape index (κ2) is 10.2. The minimum atomic E-state index is -1.46. The molecule has 12 heteroatoms. The number of hydrogen-bond donors (Lipinski definition) is 3. The van der Waals surface area contributed by atoms with Crippen molar-refractivity contribution < 1.29 is 9.63 Å². The van der Waals surface area contributed by atoms with Gasteiger partial charge >= 0.3 is 5.76 Å². The van der Waals surface area contributed by atoms with E-state index < -0.39 is 11.4 Å². The van der Waals surface area contributed by atoms with Crippen molar-refractivity contribution in [1.29, 1.82) is 0 Å². The first-order chi connectivity index (χ1) is 18.8. The summed E-state index contributed by atoms with van der Waals surface area (Å²) < 4.78 is 6.78. The fourth-order valence-corrected chi connectivity index (χ4v) is 6.38. The Morgan fingerprint density at radius 2 is 2.08 bits per heavy atom. The highest BCUT2D eigenvalue weighted by Gasteiger charge is 2.37. The molecule has 0 radical (unpaired) electrons. The van der Waals surface area contributed by atoms with E-state index in [-0.39, 0.29) is 17.7 Å². The lowest BCUT2D eigenvalue weighted by Crippen LogP contribution is -2.32. The molecule has 2 aliphatic carbocycles. The summed E-state index contributed by atoms with van der Waals surface area (Å²) in [5.74, 6) is 4.78. The van der Waals surface area contributed by atoms with Crippen molar-refractivity contribution in [1.82, 2.24) is 34.6 Å². The Hall–Kier alpha value is -3.56. The average Bonchev–Trinajstić information content (AvgIpc) is 3.64. The molecule has 204 valence electrons. The zero-order valence-corrected chi connectivity index (χ0v) is 22.9. The summed E-state index contributed by atoms with van der Waals surface area (Å²) in [5, 5.41) is 21.1. The van der Waals surface area contributed by atoms with Crippen LogP contribution in [0.4, 0.5) is 5.82 Å². The lowest BCUT2D eigenvalue weighted by atomic mass is 9.80. The van der Waals surface area contributed by atoms with Crippen LogP contribution in [-0.2, 0) is 12.1 Å². The van der Waals surface area contributed by atoms with E-state index in [1.807, 2.05) is 5.38 Å². The van der Waals surface area contributed by atoms with Gasteiger partial charge in [-0.15, -0.1) is 23.7 Å². The summed E-state index contributed by atoms with van der Waals surface area (Å²) >= 11 is 1.42. The smallest absolute Gasteiger partial charge is 0.376 e. The van der Waals surface area contributed by atoms with Crippen LogP contribution in [0.25, 0.3) is 22.8 Å². The van der Waals surface area contributed by atoms with E-state index in [1.165, 1.54) is 17.8 Å². The molecule has 6 rings (SSSR count). The molecule has 39 heavy (non-hydrogen) atoms. The molecular formula is C27H32N8O3S. The van der Waals surface area contributed by atoms with Crippen molar-refractivity contribution in [3.8, 4) is 24.0 Å². The summed E-state index contributed by atoms with van der Waals surface area (Å²) in [6.45, 7) is 4.51. The Morgan fingerprint density at radius 1 is 1.28 bits per heavy atom. The highest BCUT2D eigenvalue weighted by Crippen LogP contribution is 2.38. The normalized spacial score (nSPS) is 22.2. The summed E-state index contributed by atoms with van der Waals surface area (Å²) in [6, 6.07) is 0.165. The van der Waals surface area contributed by atoms with Gasteiger partial charge in [-0.05, 0) is 64.2 Å². The summed E-state index contributed by atoms with van der Waals surface area (Å²) in [7, 11) is 0. The van der Waals surface area contributed by atoms with Gasteiger partial charge in [0.1, 0.15) is 11.3 Å². The Balaban J connectivity index is 1.51. The van der Waals surface area contributed by atoms with Crippen LogP contribution in [0.15, 0.2) is 20.2 Å². The molecule has 0 saturated heterocycles. The number of thiazole rings is 1. The van der Waals surface area contributed by atoms with Crippen LogP contribution in [-0.4, -0.2) is 45.8 Å². The Morgan fingerprint density at radius 3 is 2.69 bits per heavy atom. The minimum absolute atomic E-state index is 0.121. The highest BCUT2D eigenvalue weighted by atomic mass is 32.1. The second-order valence-electron chi connectivity index (χ2n) is 11.0. The fourth-order valence-electron chi connectivity index (χ4n) is 5.73. The third-order valence-electron chi connectivity index (χ3n) is 8.37. The van der Waals surface area contributed by atoms with E-state index >= 15 is 0 Å². The van der Waals surface area contributed by atoms with Crippen molar-refractivity contribution in [3.63, 3.8) is 0 Å². The van der Waals surface area contributed by atoms with E-state index in [2.05, 4.69) is 42.8 Å². The van der Waals surface area contributed by atoms with Gasteiger partial charge in [0.15, 0.2) is 17.1 Å². The van der Waals surface area contributed by atoms with Gasteiger partial charge in [-0.1, -0.05) is 11.6 Å². The van der Waals surface area contributed by atoms with Crippen LogP contribution in [0.1, 0.15) is 70.3 Å². The SMILES string of the molecule is C#CC1CCC(Cn2c(C(C)(O)c3cscn3)nc3nc(-c4noc(=O)[nH]4)nc(N[C@H](C)C4CCC4)c32)CC1. The van der Waals surface area contributed by atoms with Gasteiger partial charge in [0.2, 0.25) is 11.6 Å². The molecule has 4 aromatic heterocycles. The van der Waals surface area contributed by atoms with E-state index in [9.17, 15) is 9.90 Å². The quantitative estimate of drug-likeness (QED) is 0.279. The zero-order valence-electron chi connectivity index (χ0n) is 22.1. The van der Waals surface area contributed by atoms with E-state index in [0.717, 1.165) is 38.5 Å². The van der Waals surface area contributed by atoms with Gasteiger partial charge in [-0.25, -0.2) is 24.7 Å². The number of aromatic nitrogens is 7. The first-order valence-electron chi connectivity index (χ1n) is 13.5. The number of nitrogens with one attached hydrogen (secondary N) is 2. The van der Waals surface area contributed by atoms with Gasteiger partial charge in [0, 0.05) is 23.9 Å². The molecule has 0 aromatic carbocycles. The molecule has 2 atom stereocenters. The molecule has 2 aliphatic rings. The van der Waals surface area contributed by atoms with Gasteiger partial charge in [-0.2, -0.15) is 0 Å². The van der Waals surface area contributed by atoms with Gasteiger partial charge < -0.3 is 15.0 Å². The van der Waals surface area contributed by atoms with Crippen LogP contribution in [0.2, 0.25) is 0 Å². The Bertz CT molecular complexity index is 1550. The number of terminal acetylenes is 1. The van der Waals surface area contributed by atoms with Gasteiger partial charge in [0.05, 0.1) is 11.2 Å². The summed E-state index contributed by atoms with van der Waals surface area (Å²) in [6.07, 6.45) is 13.2. The molecular weight excluding hydrogens is 516 g/mol. The topological polar surface area (TPSA) is 148 Å². The first kappa shape index (κ1) is 25.7. The third-order valence-corrected chi connectivity index (χ3v) is 8.95. The second-order valence-corrected chi connectivity index (χ2v) is 11.7. The first-order valence-corrected chi connectivity index (χ1v) is 14.5.